The lowest BCUT2D eigenvalue weighted by Gasteiger charge is -2.58. The Morgan fingerprint density at radius 3 is 2.48 bits per heavy atom. The molecule has 0 heterocycles. The minimum atomic E-state index is -0.873. The van der Waals surface area contributed by atoms with Crippen LogP contribution in [0.5, 0.6) is 5.75 Å². The minimum absolute atomic E-state index is 0.258. The van der Waals surface area contributed by atoms with Crippen molar-refractivity contribution >= 4 is 29.2 Å². The SMILES string of the molecule is COc1ccccc1NC(=O)[C@H](C)OC(=O)C12C[C@@H]3C[C@@H](CC(Cl)(C3)C1)C2. The third kappa shape index (κ3) is 3.42. The molecule has 4 saturated carbocycles. The van der Waals surface area contributed by atoms with Crippen LogP contribution in [0.1, 0.15) is 45.4 Å². The van der Waals surface area contributed by atoms with E-state index in [1.165, 1.54) is 6.42 Å². The molecule has 146 valence electrons. The van der Waals surface area contributed by atoms with Crippen LogP contribution in [-0.2, 0) is 14.3 Å². The van der Waals surface area contributed by atoms with Gasteiger partial charge in [-0.1, -0.05) is 12.1 Å². The zero-order chi connectivity index (χ0) is 19.2. The highest BCUT2D eigenvalue weighted by Crippen LogP contribution is 2.64. The molecule has 0 aromatic heterocycles. The Kier molecular flexibility index (Phi) is 4.61. The van der Waals surface area contributed by atoms with Crippen LogP contribution in [0.25, 0.3) is 0 Å². The van der Waals surface area contributed by atoms with Gasteiger partial charge in [0, 0.05) is 4.87 Å². The number of hydrogen-bond donors (Lipinski definition) is 1. The summed E-state index contributed by atoms with van der Waals surface area (Å²) in [5.41, 5.74) is 0.0487. The van der Waals surface area contributed by atoms with Crippen molar-refractivity contribution in [1.82, 2.24) is 0 Å². The number of amides is 1. The lowest BCUT2D eigenvalue weighted by atomic mass is 9.49. The van der Waals surface area contributed by atoms with Crippen molar-refractivity contribution in [1.29, 1.82) is 0 Å². The number of nitrogens with one attached hydrogen (secondary N) is 1. The van der Waals surface area contributed by atoms with Crippen molar-refractivity contribution in [3.05, 3.63) is 24.3 Å². The zero-order valence-electron chi connectivity index (χ0n) is 15.8. The Morgan fingerprint density at radius 1 is 1.19 bits per heavy atom. The molecule has 0 aliphatic heterocycles. The van der Waals surface area contributed by atoms with E-state index in [0.29, 0.717) is 29.7 Å². The highest BCUT2D eigenvalue weighted by Gasteiger charge is 2.61. The molecule has 0 radical (unpaired) electrons. The fourth-order valence-electron chi connectivity index (χ4n) is 5.71. The summed E-state index contributed by atoms with van der Waals surface area (Å²) in [7, 11) is 1.55. The van der Waals surface area contributed by atoms with Crippen molar-refractivity contribution < 1.29 is 19.1 Å². The fraction of sp³-hybridized carbons (Fsp3) is 0.619. The standard InChI is InChI=1S/C21H26ClNO4/c1-13(18(24)23-16-5-3-4-6-17(16)26-2)27-19(25)20-8-14-7-15(9-20)11-21(22,10-14)12-20/h3-6,13-15H,7-12H2,1-2H3,(H,23,24)/t13-,14-,15+,20?,21?/m0/s1. The number of esters is 1. The lowest BCUT2D eigenvalue weighted by molar-refractivity contribution is -0.176. The quantitative estimate of drug-likeness (QED) is 0.605. The maximum atomic E-state index is 13.0. The van der Waals surface area contributed by atoms with Gasteiger partial charge in [0.2, 0.25) is 0 Å². The molecular weight excluding hydrogens is 366 g/mol. The van der Waals surface area contributed by atoms with Crippen LogP contribution < -0.4 is 10.1 Å². The van der Waals surface area contributed by atoms with Crippen LogP contribution in [0.4, 0.5) is 5.69 Å². The number of anilines is 1. The Balaban J connectivity index is 1.43. The Hall–Kier alpha value is -1.75. The van der Waals surface area contributed by atoms with E-state index in [1.54, 1.807) is 26.2 Å². The number of rotatable bonds is 5. The predicted octanol–water partition coefficient (Wildman–Crippen LogP) is 4.14. The first-order valence-electron chi connectivity index (χ1n) is 9.66. The summed E-state index contributed by atoms with van der Waals surface area (Å²) in [6, 6.07) is 7.15. The molecule has 1 amide bonds. The van der Waals surface area contributed by atoms with Gasteiger partial charge in [-0.15, -0.1) is 11.6 Å². The molecule has 5 rings (SSSR count). The van der Waals surface area contributed by atoms with Gasteiger partial charge in [-0.3, -0.25) is 9.59 Å². The molecule has 5 atom stereocenters. The van der Waals surface area contributed by atoms with E-state index in [-0.39, 0.29) is 16.8 Å². The summed E-state index contributed by atoms with van der Waals surface area (Å²) >= 11 is 6.80. The van der Waals surface area contributed by atoms with Crippen molar-refractivity contribution in [3.63, 3.8) is 0 Å². The van der Waals surface area contributed by atoms with Crippen molar-refractivity contribution in [2.45, 2.75) is 56.4 Å². The molecule has 0 spiro atoms. The second-order valence-electron chi connectivity index (χ2n) is 8.63. The number of ether oxygens (including phenoxy) is 2. The van der Waals surface area contributed by atoms with Crippen LogP contribution in [0.3, 0.4) is 0 Å². The van der Waals surface area contributed by atoms with E-state index in [4.69, 9.17) is 21.1 Å². The topological polar surface area (TPSA) is 64.6 Å². The number of halogens is 1. The summed E-state index contributed by atoms with van der Waals surface area (Å²) in [5, 5.41) is 2.78. The van der Waals surface area contributed by atoms with E-state index < -0.39 is 11.5 Å². The molecule has 4 fully saturated rings. The lowest BCUT2D eigenvalue weighted by Crippen LogP contribution is -2.57. The first-order valence-corrected chi connectivity index (χ1v) is 10.0. The highest BCUT2D eigenvalue weighted by molar-refractivity contribution is 6.24. The van der Waals surface area contributed by atoms with E-state index in [1.807, 2.05) is 12.1 Å². The molecule has 2 unspecified atom stereocenters. The summed E-state index contributed by atoms with van der Waals surface area (Å²) < 4.78 is 10.9. The first kappa shape index (κ1) is 18.6. The number of benzene rings is 1. The van der Waals surface area contributed by atoms with E-state index in [9.17, 15) is 9.59 Å². The van der Waals surface area contributed by atoms with Crippen LogP contribution in [0, 0.1) is 17.3 Å². The molecule has 6 heteroatoms. The van der Waals surface area contributed by atoms with Gasteiger partial charge in [0.25, 0.3) is 5.91 Å². The minimum Gasteiger partial charge on any atom is -0.495 e. The van der Waals surface area contributed by atoms with Crippen LogP contribution >= 0.6 is 11.6 Å². The van der Waals surface area contributed by atoms with E-state index in [2.05, 4.69) is 5.32 Å². The Morgan fingerprint density at radius 2 is 1.85 bits per heavy atom. The molecule has 1 aromatic carbocycles. The maximum Gasteiger partial charge on any atom is 0.312 e. The van der Waals surface area contributed by atoms with Crippen LogP contribution in [0.2, 0.25) is 0 Å². The van der Waals surface area contributed by atoms with Gasteiger partial charge in [-0.05, 0) is 69.4 Å². The van der Waals surface area contributed by atoms with E-state index >= 15 is 0 Å². The Bertz CT molecular complexity index is 750. The molecule has 1 aromatic rings. The third-order valence-corrected chi connectivity index (χ3v) is 6.88. The fourth-order valence-corrected chi connectivity index (χ4v) is 6.40. The van der Waals surface area contributed by atoms with Gasteiger partial charge in [0.1, 0.15) is 5.75 Å². The van der Waals surface area contributed by atoms with Crippen LogP contribution in [-0.4, -0.2) is 30.0 Å². The van der Waals surface area contributed by atoms with Gasteiger partial charge >= 0.3 is 5.97 Å². The molecule has 4 aliphatic rings. The van der Waals surface area contributed by atoms with Crippen molar-refractivity contribution in [2.24, 2.45) is 17.3 Å². The number of para-hydroxylation sites is 2. The first-order chi connectivity index (χ1) is 12.8. The summed E-state index contributed by atoms with van der Waals surface area (Å²) in [6.45, 7) is 1.61. The molecule has 1 N–H and O–H groups in total. The Labute approximate surface area is 164 Å². The number of carbonyl (C=O) groups excluding carboxylic acids is 2. The molecule has 5 nitrogen and oxygen atoms in total. The van der Waals surface area contributed by atoms with Crippen LogP contribution in [0.15, 0.2) is 24.3 Å². The van der Waals surface area contributed by atoms with Gasteiger partial charge < -0.3 is 14.8 Å². The number of methoxy groups -OCH3 is 1. The average molecular weight is 392 g/mol. The largest absolute Gasteiger partial charge is 0.495 e. The van der Waals surface area contributed by atoms with Crippen molar-refractivity contribution in [2.75, 3.05) is 12.4 Å². The second kappa shape index (κ2) is 6.69. The van der Waals surface area contributed by atoms with Gasteiger partial charge in [0.15, 0.2) is 6.10 Å². The summed E-state index contributed by atoms with van der Waals surface area (Å²) in [4.78, 5) is 25.3. The molecule has 0 saturated heterocycles. The molecule has 27 heavy (non-hydrogen) atoms. The number of carbonyl (C=O) groups is 2. The normalized spacial score (nSPS) is 34.8. The van der Waals surface area contributed by atoms with E-state index in [0.717, 1.165) is 25.7 Å². The number of hydrogen-bond acceptors (Lipinski definition) is 4. The van der Waals surface area contributed by atoms with Gasteiger partial charge in [0.05, 0.1) is 18.2 Å². The second-order valence-corrected chi connectivity index (χ2v) is 9.43. The predicted molar refractivity (Wildman–Crippen MR) is 103 cm³/mol. The smallest absolute Gasteiger partial charge is 0.312 e. The molecule has 4 bridgehead atoms. The molecular formula is C21H26ClNO4. The third-order valence-electron chi connectivity index (χ3n) is 6.44. The summed E-state index contributed by atoms with van der Waals surface area (Å²) in [6.07, 6.45) is 4.67. The number of alkyl halides is 1. The average Bonchev–Trinajstić information content (AvgIpc) is 2.60. The van der Waals surface area contributed by atoms with Gasteiger partial charge in [-0.2, -0.15) is 0 Å². The maximum absolute atomic E-state index is 13.0. The monoisotopic (exact) mass is 391 g/mol. The molecule has 4 aliphatic carbocycles. The highest BCUT2D eigenvalue weighted by atomic mass is 35.5. The zero-order valence-corrected chi connectivity index (χ0v) is 16.6. The van der Waals surface area contributed by atoms with Gasteiger partial charge in [-0.25, -0.2) is 0 Å². The summed E-state index contributed by atoms with van der Waals surface area (Å²) in [5.74, 6) is 0.958. The van der Waals surface area contributed by atoms with Crippen molar-refractivity contribution in [3.8, 4) is 5.75 Å².